The fraction of sp³-hybridized carbons (Fsp3) is 0.545. The highest BCUT2D eigenvalue weighted by atomic mass is 79.9. The normalized spacial score (nSPS) is 11.2. The molecule has 0 aliphatic carbocycles. The summed E-state index contributed by atoms with van der Waals surface area (Å²) in [5, 5.41) is 0. The second kappa shape index (κ2) is 13.7. The molecule has 0 amide bonds. The Labute approximate surface area is 183 Å². The molecule has 0 unspecified atom stereocenters. The van der Waals surface area contributed by atoms with Gasteiger partial charge in [-0.25, -0.2) is 0 Å². The topological polar surface area (TPSA) is 0 Å². The van der Waals surface area contributed by atoms with Crippen LogP contribution in [0.25, 0.3) is 0 Å². The van der Waals surface area contributed by atoms with Gasteiger partial charge in [0.2, 0.25) is 0 Å². The van der Waals surface area contributed by atoms with E-state index in [0.717, 1.165) is 61.3 Å². The molecule has 0 aliphatic rings. The van der Waals surface area contributed by atoms with Crippen molar-refractivity contribution < 1.29 is 8.97 Å². The van der Waals surface area contributed by atoms with Crippen LogP contribution in [0.2, 0.25) is 0 Å². The summed E-state index contributed by atoms with van der Waals surface area (Å²) in [4.78, 5) is 0. The van der Waals surface area contributed by atoms with Crippen LogP contribution >= 0.6 is 34.0 Å². The fourth-order valence-electron chi connectivity index (χ4n) is 3.61. The van der Waals surface area contributed by atoms with Crippen molar-refractivity contribution in [1.82, 2.24) is 0 Å². The molecule has 4 heteroatoms. The summed E-state index contributed by atoms with van der Waals surface area (Å²) in [6, 6.07) is 9.30. The predicted molar refractivity (Wildman–Crippen MR) is 127 cm³/mol. The van der Waals surface area contributed by atoms with Crippen LogP contribution in [0.3, 0.4) is 0 Å². The zero-order valence-electron chi connectivity index (χ0n) is 17.2. The zero-order valence-corrected chi connectivity index (χ0v) is 20.7. The molecule has 0 spiro atoms. The largest absolute Gasteiger partial charge is 0.317 e. The minimum Gasteiger partial charge on any atom is -0.317 e. The van der Waals surface area contributed by atoms with Crippen molar-refractivity contribution in [2.75, 3.05) is 39.3 Å². The number of nitrogens with zero attached hydrogens (tertiary/aromatic N) is 2. The molecule has 26 heavy (non-hydrogen) atoms. The molecular weight excluding hydrogens is 452 g/mol. The first kappa shape index (κ1) is 27.8. The molecule has 1 aromatic rings. The molecule has 1 rings (SSSR count). The van der Waals surface area contributed by atoms with Gasteiger partial charge in [0.05, 0.1) is 39.3 Å². The van der Waals surface area contributed by atoms with Crippen LogP contribution in [0.15, 0.2) is 49.6 Å². The van der Waals surface area contributed by atoms with Gasteiger partial charge < -0.3 is 8.97 Å². The maximum Gasteiger partial charge on any atom is 0.105 e. The van der Waals surface area contributed by atoms with E-state index in [4.69, 9.17) is 0 Å². The van der Waals surface area contributed by atoms with Crippen molar-refractivity contribution in [3.8, 4) is 0 Å². The third-order valence-corrected chi connectivity index (χ3v) is 5.78. The molecule has 1 aromatic carbocycles. The number of rotatable bonds is 12. The van der Waals surface area contributed by atoms with Crippen LogP contribution in [0.5, 0.6) is 0 Å². The van der Waals surface area contributed by atoms with E-state index in [1.807, 2.05) is 0 Å². The molecule has 150 valence electrons. The molecule has 0 N–H and O–H groups in total. The molecule has 0 fully saturated rings. The minimum absolute atomic E-state index is 0. The van der Waals surface area contributed by atoms with Crippen LogP contribution in [0, 0.1) is 0 Å². The van der Waals surface area contributed by atoms with Crippen molar-refractivity contribution in [3.63, 3.8) is 0 Å². The maximum atomic E-state index is 3.95. The van der Waals surface area contributed by atoms with E-state index in [1.54, 1.807) is 0 Å². The fourth-order valence-corrected chi connectivity index (χ4v) is 3.61. The van der Waals surface area contributed by atoms with Gasteiger partial charge in [0, 0.05) is 11.1 Å². The molecule has 0 saturated carbocycles. The van der Waals surface area contributed by atoms with Gasteiger partial charge in [0.15, 0.2) is 0 Å². The average molecular weight is 492 g/mol. The smallest absolute Gasteiger partial charge is 0.105 e. The van der Waals surface area contributed by atoms with Crippen LogP contribution in [0.1, 0.15) is 38.8 Å². The van der Waals surface area contributed by atoms with E-state index in [-0.39, 0.29) is 34.0 Å². The molecule has 0 saturated heterocycles. The number of hydrogen-bond acceptors (Lipinski definition) is 0. The zero-order chi connectivity index (χ0) is 18.1. The van der Waals surface area contributed by atoms with Gasteiger partial charge in [-0.15, -0.1) is 34.0 Å². The van der Waals surface area contributed by atoms with E-state index in [1.165, 1.54) is 11.1 Å². The maximum absolute atomic E-state index is 3.95. The summed E-state index contributed by atoms with van der Waals surface area (Å²) in [6.45, 7) is 25.9. The molecule has 0 radical (unpaired) electrons. The van der Waals surface area contributed by atoms with Gasteiger partial charge in [-0.1, -0.05) is 37.4 Å². The van der Waals surface area contributed by atoms with E-state index in [2.05, 4.69) is 77.3 Å². The van der Waals surface area contributed by atoms with Crippen LogP contribution in [-0.4, -0.2) is 48.2 Å². The highest BCUT2D eigenvalue weighted by Gasteiger charge is 2.24. The Morgan fingerprint density at radius 1 is 0.654 bits per heavy atom. The lowest BCUT2D eigenvalue weighted by Gasteiger charge is -2.37. The first-order valence-electron chi connectivity index (χ1n) is 9.52. The summed E-state index contributed by atoms with van der Waals surface area (Å²) in [6.07, 6.45) is 4.12. The van der Waals surface area contributed by atoms with Crippen LogP contribution in [-0.2, 0) is 13.1 Å². The molecule has 0 aromatic heterocycles. The quantitative estimate of drug-likeness (QED) is 0.251. The number of benzene rings is 1. The molecule has 0 aliphatic heterocycles. The summed E-state index contributed by atoms with van der Waals surface area (Å²) >= 11 is 0. The Balaban J connectivity index is 0. The van der Waals surface area contributed by atoms with E-state index < -0.39 is 0 Å². The Kier molecular flexibility index (Phi) is 14.7. The van der Waals surface area contributed by atoms with E-state index >= 15 is 0 Å². The highest BCUT2D eigenvalue weighted by Crippen LogP contribution is 2.18. The number of quaternary nitrogens is 2. The first-order valence-corrected chi connectivity index (χ1v) is 9.52. The van der Waals surface area contributed by atoms with E-state index in [0.29, 0.717) is 0 Å². The van der Waals surface area contributed by atoms with Crippen molar-refractivity contribution in [2.45, 2.75) is 40.8 Å². The minimum atomic E-state index is 0. The molecule has 0 bridgehead atoms. The second-order valence-electron chi connectivity index (χ2n) is 7.02. The Morgan fingerprint density at radius 2 is 0.923 bits per heavy atom. The van der Waals surface area contributed by atoms with Crippen molar-refractivity contribution >= 4 is 34.0 Å². The molecular formula is C22H40Br2N2+2. The monoisotopic (exact) mass is 490 g/mol. The third kappa shape index (κ3) is 7.67. The van der Waals surface area contributed by atoms with Crippen LogP contribution < -0.4 is 0 Å². The van der Waals surface area contributed by atoms with E-state index in [9.17, 15) is 0 Å². The Bertz CT molecular complexity index is 456. The molecule has 0 atom stereocenters. The third-order valence-electron chi connectivity index (χ3n) is 5.78. The summed E-state index contributed by atoms with van der Waals surface area (Å²) < 4.78 is 2.17. The summed E-state index contributed by atoms with van der Waals surface area (Å²) in [5.74, 6) is 0. The van der Waals surface area contributed by atoms with Gasteiger partial charge in [0.25, 0.3) is 0 Å². The van der Waals surface area contributed by atoms with Gasteiger partial charge >= 0.3 is 0 Å². The number of halogens is 2. The Hall–Kier alpha value is -0.420. The van der Waals surface area contributed by atoms with Crippen molar-refractivity contribution in [1.29, 1.82) is 0 Å². The SMILES string of the molecule is Br.Br.C=CC[N+](CC)(CC)Cc1ccc(C[N+](CC)(CC)CC=C)cc1. The number of likely N-dealkylation sites (N-methyl/N-ethyl adjacent to an activating group) is 2. The van der Waals surface area contributed by atoms with Crippen molar-refractivity contribution in [2.24, 2.45) is 0 Å². The van der Waals surface area contributed by atoms with Gasteiger partial charge in [0.1, 0.15) is 13.1 Å². The van der Waals surface area contributed by atoms with Gasteiger partial charge in [-0.05, 0) is 39.8 Å². The number of hydrogen-bond donors (Lipinski definition) is 0. The molecule has 2 nitrogen and oxygen atoms in total. The highest BCUT2D eigenvalue weighted by molar-refractivity contribution is 8.93. The lowest BCUT2D eigenvalue weighted by molar-refractivity contribution is -0.932. The predicted octanol–water partition coefficient (Wildman–Crippen LogP) is 5.93. The first-order chi connectivity index (χ1) is 11.5. The van der Waals surface area contributed by atoms with Crippen molar-refractivity contribution in [3.05, 3.63) is 60.7 Å². The summed E-state index contributed by atoms with van der Waals surface area (Å²) in [5.41, 5.74) is 2.86. The summed E-state index contributed by atoms with van der Waals surface area (Å²) in [7, 11) is 0. The Morgan fingerprint density at radius 3 is 1.12 bits per heavy atom. The molecule has 0 heterocycles. The lowest BCUT2D eigenvalue weighted by Crippen LogP contribution is -2.47. The standard InChI is InChI=1S/C22H38N2.2BrH/c1-7-17-23(9-3,10-4)19-21-13-15-22(16-14-21)20-24(11-5,12-6)18-8-2;;/h7-8,13-16H,1-2,9-12,17-20H2,3-6H3;2*1H/q+2;;. The second-order valence-corrected chi connectivity index (χ2v) is 7.02. The average Bonchev–Trinajstić information content (AvgIpc) is 2.62. The lowest BCUT2D eigenvalue weighted by atomic mass is 10.1. The van der Waals surface area contributed by atoms with Gasteiger partial charge in [-0.3, -0.25) is 0 Å². The van der Waals surface area contributed by atoms with Crippen LogP contribution in [0.4, 0.5) is 0 Å². The van der Waals surface area contributed by atoms with Gasteiger partial charge in [-0.2, -0.15) is 0 Å².